The van der Waals surface area contributed by atoms with Gasteiger partial charge in [0.25, 0.3) is 0 Å². The lowest BCUT2D eigenvalue weighted by molar-refractivity contribution is 0.905. The van der Waals surface area contributed by atoms with Crippen LogP contribution < -0.4 is 5.32 Å². The molecule has 0 amide bonds. The molecule has 1 N–H and O–H groups in total. The SMILES string of the molecule is CSC1(CNc2cc(C)c(C)nn2)CC1. The first kappa shape index (κ1) is 10.7. The third-order valence-corrected chi connectivity index (χ3v) is 4.48. The zero-order valence-electron chi connectivity index (χ0n) is 9.50. The van der Waals surface area contributed by atoms with Gasteiger partial charge >= 0.3 is 0 Å². The van der Waals surface area contributed by atoms with Crippen LogP contribution >= 0.6 is 11.8 Å². The third kappa shape index (κ3) is 2.43. The molecule has 1 aliphatic carbocycles. The lowest BCUT2D eigenvalue weighted by atomic mass is 10.2. The first-order valence-electron chi connectivity index (χ1n) is 5.25. The van der Waals surface area contributed by atoms with Crippen molar-refractivity contribution in [2.75, 3.05) is 18.1 Å². The number of aromatic nitrogens is 2. The minimum absolute atomic E-state index is 0.473. The lowest BCUT2D eigenvalue weighted by Gasteiger charge is -2.13. The topological polar surface area (TPSA) is 37.8 Å². The summed E-state index contributed by atoms with van der Waals surface area (Å²) in [6.45, 7) is 5.05. The molecular weight excluding hydrogens is 206 g/mol. The highest BCUT2D eigenvalue weighted by molar-refractivity contribution is 8.00. The highest BCUT2D eigenvalue weighted by Crippen LogP contribution is 2.46. The van der Waals surface area contributed by atoms with Gasteiger partial charge in [-0.1, -0.05) is 0 Å². The van der Waals surface area contributed by atoms with Crippen LogP contribution in [0.4, 0.5) is 5.82 Å². The van der Waals surface area contributed by atoms with E-state index in [4.69, 9.17) is 0 Å². The number of thioether (sulfide) groups is 1. The molecule has 1 aliphatic rings. The van der Waals surface area contributed by atoms with E-state index in [1.807, 2.05) is 18.7 Å². The van der Waals surface area contributed by atoms with Crippen LogP contribution in [0, 0.1) is 13.8 Å². The Balaban J connectivity index is 1.96. The quantitative estimate of drug-likeness (QED) is 0.850. The second-order valence-corrected chi connectivity index (χ2v) is 5.51. The first-order valence-corrected chi connectivity index (χ1v) is 6.48. The highest BCUT2D eigenvalue weighted by Gasteiger charge is 2.41. The number of anilines is 1. The largest absolute Gasteiger partial charge is 0.367 e. The van der Waals surface area contributed by atoms with E-state index in [2.05, 4.69) is 34.8 Å². The van der Waals surface area contributed by atoms with Crippen LogP contribution in [0.1, 0.15) is 24.1 Å². The molecule has 1 fully saturated rings. The van der Waals surface area contributed by atoms with Crippen molar-refractivity contribution in [1.29, 1.82) is 0 Å². The third-order valence-electron chi connectivity index (χ3n) is 3.06. The number of nitrogens with zero attached hydrogens (tertiary/aromatic N) is 2. The molecule has 15 heavy (non-hydrogen) atoms. The van der Waals surface area contributed by atoms with Crippen LogP contribution in [-0.2, 0) is 0 Å². The molecule has 0 aromatic carbocycles. The van der Waals surface area contributed by atoms with E-state index >= 15 is 0 Å². The van der Waals surface area contributed by atoms with Crippen molar-refractivity contribution in [2.24, 2.45) is 0 Å². The number of hydrogen-bond acceptors (Lipinski definition) is 4. The highest BCUT2D eigenvalue weighted by atomic mass is 32.2. The van der Waals surface area contributed by atoms with Crippen LogP contribution in [0.5, 0.6) is 0 Å². The number of hydrogen-bond donors (Lipinski definition) is 1. The first-order chi connectivity index (χ1) is 7.15. The molecule has 0 spiro atoms. The minimum Gasteiger partial charge on any atom is -0.367 e. The smallest absolute Gasteiger partial charge is 0.148 e. The maximum atomic E-state index is 4.13. The predicted octanol–water partition coefficient (Wildman–Crippen LogP) is 2.40. The Hall–Kier alpha value is -0.770. The Kier molecular flexibility index (Phi) is 2.87. The van der Waals surface area contributed by atoms with Gasteiger partial charge in [0, 0.05) is 11.3 Å². The lowest BCUT2D eigenvalue weighted by Crippen LogP contribution is -2.18. The molecule has 1 aromatic heterocycles. The van der Waals surface area contributed by atoms with E-state index in [-0.39, 0.29) is 0 Å². The summed E-state index contributed by atoms with van der Waals surface area (Å²) >= 11 is 1.95. The summed E-state index contributed by atoms with van der Waals surface area (Å²) in [6.07, 6.45) is 4.82. The fourth-order valence-corrected chi connectivity index (χ4v) is 2.20. The molecule has 0 aliphatic heterocycles. The Labute approximate surface area is 95.1 Å². The number of aryl methyl sites for hydroxylation is 2. The molecule has 0 saturated heterocycles. The molecular formula is C11H17N3S. The monoisotopic (exact) mass is 223 g/mol. The van der Waals surface area contributed by atoms with Gasteiger partial charge in [0.15, 0.2) is 0 Å². The van der Waals surface area contributed by atoms with Gasteiger partial charge in [0.1, 0.15) is 5.82 Å². The molecule has 3 nitrogen and oxygen atoms in total. The summed E-state index contributed by atoms with van der Waals surface area (Å²) in [5.41, 5.74) is 2.20. The Morgan fingerprint density at radius 3 is 2.67 bits per heavy atom. The summed E-state index contributed by atoms with van der Waals surface area (Å²) in [5, 5.41) is 11.6. The van der Waals surface area contributed by atoms with Gasteiger partial charge in [-0.15, -0.1) is 5.10 Å². The van der Waals surface area contributed by atoms with Crippen molar-refractivity contribution < 1.29 is 0 Å². The van der Waals surface area contributed by atoms with E-state index in [1.54, 1.807) is 0 Å². The van der Waals surface area contributed by atoms with Gasteiger partial charge in [-0.05, 0) is 44.6 Å². The van der Waals surface area contributed by atoms with Crippen LogP contribution in [0.2, 0.25) is 0 Å². The van der Waals surface area contributed by atoms with Gasteiger partial charge < -0.3 is 5.32 Å². The van der Waals surface area contributed by atoms with Crippen molar-refractivity contribution in [3.63, 3.8) is 0 Å². The van der Waals surface area contributed by atoms with Crippen molar-refractivity contribution in [3.8, 4) is 0 Å². The standard InChI is InChI=1S/C11H17N3S/c1-8-6-10(14-13-9(8)2)12-7-11(15-3)4-5-11/h6H,4-5,7H2,1-3H3,(H,12,14). The molecule has 0 radical (unpaired) electrons. The van der Waals surface area contributed by atoms with Gasteiger partial charge in [0.2, 0.25) is 0 Å². The normalized spacial score (nSPS) is 17.5. The average Bonchev–Trinajstić information content (AvgIpc) is 3.01. The molecule has 1 aromatic rings. The van der Waals surface area contributed by atoms with Crippen molar-refractivity contribution in [1.82, 2.24) is 10.2 Å². The maximum absolute atomic E-state index is 4.13. The average molecular weight is 223 g/mol. The van der Waals surface area contributed by atoms with Crippen LogP contribution in [0.3, 0.4) is 0 Å². The van der Waals surface area contributed by atoms with Gasteiger partial charge in [-0.3, -0.25) is 0 Å². The maximum Gasteiger partial charge on any atom is 0.148 e. The van der Waals surface area contributed by atoms with E-state index in [1.165, 1.54) is 18.4 Å². The molecule has 1 saturated carbocycles. The molecule has 82 valence electrons. The zero-order valence-corrected chi connectivity index (χ0v) is 10.3. The molecule has 4 heteroatoms. The Morgan fingerprint density at radius 2 is 2.13 bits per heavy atom. The van der Waals surface area contributed by atoms with Gasteiger partial charge in [-0.25, -0.2) is 0 Å². The molecule has 1 heterocycles. The summed E-state index contributed by atoms with van der Waals surface area (Å²) in [4.78, 5) is 0. The fraction of sp³-hybridized carbons (Fsp3) is 0.636. The van der Waals surface area contributed by atoms with E-state index in [0.717, 1.165) is 18.1 Å². The van der Waals surface area contributed by atoms with Crippen molar-refractivity contribution in [3.05, 3.63) is 17.3 Å². The number of rotatable bonds is 4. The Morgan fingerprint density at radius 1 is 1.40 bits per heavy atom. The molecule has 0 bridgehead atoms. The van der Waals surface area contributed by atoms with Crippen LogP contribution in [0.15, 0.2) is 6.07 Å². The second kappa shape index (κ2) is 4.00. The minimum atomic E-state index is 0.473. The second-order valence-electron chi connectivity index (χ2n) is 4.24. The van der Waals surface area contributed by atoms with E-state index in [0.29, 0.717) is 4.75 Å². The molecule has 0 unspecified atom stereocenters. The predicted molar refractivity (Wildman–Crippen MR) is 65.5 cm³/mol. The van der Waals surface area contributed by atoms with Crippen LogP contribution in [-0.4, -0.2) is 27.7 Å². The van der Waals surface area contributed by atoms with E-state index in [9.17, 15) is 0 Å². The summed E-state index contributed by atoms with van der Waals surface area (Å²) in [6, 6.07) is 2.07. The van der Waals surface area contributed by atoms with E-state index < -0.39 is 0 Å². The summed E-state index contributed by atoms with van der Waals surface area (Å²) < 4.78 is 0.473. The van der Waals surface area contributed by atoms with Gasteiger partial charge in [0.05, 0.1) is 5.69 Å². The zero-order chi connectivity index (χ0) is 10.9. The summed E-state index contributed by atoms with van der Waals surface area (Å²) in [5.74, 6) is 0.901. The van der Waals surface area contributed by atoms with Gasteiger partial charge in [-0.2, -0.15) is 16.9 Å². The van der Waals surface area contributed by atoms with Crippen molar-refractivity contribution >= 4 is 17.6 Å². The van der Waals surface area contributed by atoms with Crippen molar-refractivity contribution in [2.45, 2.75) is 31.4 Å². The van der Waals surface area contributed by atoms with Crippen LogP contribution in [0.25, 0.3) is 0 Å². The fourth-order valence-electron chi connectivity index (χ4n) is 1.48. The Bertz CT molecular complexity index is 361. The molecule has 2 rings (SSSR count). The molecule has 0 atom stereocenters. The number of nitrogens with one attached hydrogen (secondary N) is 1. The summed E-state index contributed by atoms with van der Waals surface area (Å²) in [7, 11) is 0.